The summed E-state index contributed by atoms with van der Waals surface area (Å²) in [6.45, 7) is 3.82. The van der Waals surface area contributed by atoms with Crippen LogP contribution in [0.4, 0.5) is 0 Å². The second-order valence-electron chi connectivity index (χ2n) is 3.46. The molecule has 0 aromatic carbocycles. The maximum atomic E-state index is 9.40. The Balaban J connectivity index is 3.03. The Bertz CT molecular complexity index is 98.9. The maximum absolute atomic E-state index is 9.40. The van der Waals surface area contributed by atoms with Crippen molar-refractivity contribution in [2.45, 2.75) is 51.7 Å². The summed E-state index contributed by atoms with van der Waals surface area (Å²) in [4.78, 5) is 0. The number of rotatable bonds is 9. The summed E-state index contributed by atoms with van der Waals surface area (Å²) in [5.74, 6) is 0. The van der Waals surface area contributed by atoms with E-state index >= 15 is 0 Å². The van der Waals surface area contributed by atoms with Crippen LogP contribution in [0.15, 0.2) is 0 Å². The van der Waals surface area contributed by atoms with Crippen molar-refractivity contribution in [1.29, 1.82) is 0 Å². The smallest absolute Gasteiger partial charge is 0.104 e. The van der Waals surface area contributed by atoms with Gasteiger partial charge in [0.05, 0.1) is 0 Å². The average Bonchev–Trinajstić information content (AvgIpc) is 2.14. The normalized spacial score (nSPS) is 13.2. The van der Waals surface area contributed by atoms with Crippen LogP contribution < -0.4 is 11.1 Å². The molecule has 1 unspecified atom stereocenters. The minimum Gasteiger partial charge on any atom is -0.379 e. The lowest BCUT2D eigenvalue weighted by atomic mass is 10.2. The zero-order valence-corrected chi connectivity index (χ0v) is 8.76. The molecule has 3 nitrogen and oxygen atoms in total. The van der Waals surface area contributed by atoms with E-state index in [-0.39, 0.29) is 6.23 Å². The van der Waals surface area contributed by atoms with Gasteiger partial charge in [0.1, 0.15) is 6.23 Å². The average molecular weight is 188 g/mol. The first-order valence-electron chi connectivity index (χ1n) is 5.42. The number of aliphatic hydroxyl groups excluding tert-OH is 1. The molecule has 4 N–H and O–H groups in total. The van der Waals surface area contributed by atoms with Crippen molar-refractivity contribution in [1.82, 2.24) is 5.32 Å². The monoisotopic (exact) mass is 188 g/mol. The first-order chi connectivity index (χ1) is 6.31. The number of nitrogens with one attached hydrogen (secondary N) is 1. The Hall–Kier alpha value is -0.120. The molecule has 0 heterocycles. The molecule has 3 heteroatoms. The summed E-state index contributed by atoms with van der Waals surface area (Å²) in [5, 5.41) is 12.5. The molecule has 0 fully saturated rings. The van der Waals surface area contributed by atoms with Gasteiger partial charge in [-0.3, -0.25) is 5.32 Å². The van der Waals surface area contributed by atoms with Crippen LogP contribution in [0.25, 0.3) is 0 Å². The SMILES string of the molecule is CCCCC(O)NCCCCCN. The highest BCUT2D eigenvalue weighted by molar-refractivity contribution is 4.54. The number of unbranched alkanes of at least 4 members (excludes halogenated alkanes) is 3. The van der Waals surface area contributed by atoms with E-state index in [0.717, 1.165) is 51.6 Å². The second-order valence-corrected chi connectivity index (χ2v) is 3.46. The van der Waals surface area contributed by atoms with Gasteiger partial charge in [0.2, 0.25) is 0 Å². The topological polar surface area (TPSA) is 58.3 Å². The summed E-state index contributed by atoms with van der Waals surface area (Å²) in [6, 6.07) is 0. The number of nitrogens with two attached hydrogens (primary N) is 1. The van der Waals surface area contributed by atoms with Gasteiger partial charge in [0.25, 0.3) is 0 Å². The molecule has 0 rings (SSSR count). The van der Waals surface area contributed by atoms with E-state index in [0.29, 0.717) is 0 Å². The van der Waals surface area contributed by atoms with E-state index in [9.17, 15) is 5.11 Å². The highest BCUT2D eigenvalue weighted by Gasteiger charge is 2.00. The van der Waals surface area contributed by atoms with E-state index in [4.69, 9.17) is 5.73 Å². The number of hydrogen-bond donors (Lipinski definition) is 3. The number of aliphatic hydroxyl groups is 1. The van der Waals surface area contributed by atoms with Crippen molar-refractivity contribution in [2.24, 2.45) is 5.73 Å². The molecular weight excluding hydrogens is 164 g/mol. The van der Waals surface area contributed by atoms with Crippen molar-refractivity contribution in [3.05, 3.63) is 0 Å². The highest BCUT2D eigenvalue weighted by Crippen LogP contribution is 1.98. The van der Waals surface area contributed by atoms with Crippen molar-refractivity contribution < 1.29 is 5.11 Å². The molecular formula is C10H24N2O. The maximum Gasteiger partial charge on any atom is 0.104 e. The van der Waals surface area contributed by atoms with Crippen LogP contribution in [-0.2, 0) is 0 Å². The Kier molecular flexibility index (Phi) is 9.87. The lowest BCUT2D eigenvalue weighted by Gasteiger charge is -2.11. The zero-order valence-electron chi connectivity index (χ0n) is 8.76. The van der Waals surface area contributed by atoms with Crippen LogP contribution in [0, 0.1) is 0 Å². The summed E-state index contributed by atoms with van der Waals surface area (Å²) >= 11 is 0. The first kappa shape index (κ1) is 12.9. The molecule has 0 aliphatic rings. The summed E-state index contributed by atoms with van der Waals surface area (Å²) in [5.41, 5.74) is 5.37. The molecule has 0 radical (unpaired) electrons. The molecule has 0 saturated heterocycles. The fraction of sp³-hybridized carbons (Fsp3) is 1.00. The molecule has 0 aromatic rings. The predicted molar refractivity (Wildman–Crippen MR) is 56.4 cm³/mol. The highest BCUT2D eigenvalue weighted by atomic mass is 16.3. The third-order valence-corrected chi connectivity index (χ3v) is 2.09. The fourth-order valence-corrected chi connectivity index (χ4v) is 1.21. The van der Waals surface area contributed by atoms with Crippen LogP contribution in [0.1, 0.15) is 45.4 Å². The van der Waals surface area contributed by atoms with Crippen LogP contribution in [0.5, 0.6) is 0 Å². The van der Waals surface area contributed by atoms with Gasteiger partial charge in [-0.1, -0.05) is 19.8 Å². The summed E-state index contributed by atoms with van der Waals surface area (Å²) < 4.78 is 0. The lowest BCUT2D eigenvalue weighted by molar-refractivity contribution is 0.125. The van der Waals surface area contributed by atoms with Gasteiger partial charge >= 0.3 is 0 Å². The van der Waals surface area contributed by atoms with Gasteiger partial charge in [-0.25, -0.2) is 0 Å². The van der Waals surface area contributed by atoms with Gasteiger partial charge in [-0.2, -0.15) is 0 Å². The summed E-state index contributed by atoms with van der Waals surface area (Å²) in [6.07, 6.45) is 6.16. The predicted octanol–water partition coefficient (Wildman–Crippen LogP) is 1.21. The molecule has 1 atom stereocenters. The first-order valence-corrected chi connectivity index (χ1v) is 5.42. The van der Waals surface area contributed by atoms with Crippen molar-refractivity contribution >= 4 is 0 Å². The third kappa shape index (κ3) is 9.80. The Morgan fingerprint density at radius 3 is 2.62 bits per heavy atom. The third-order valence-electron chi connectivity index (χ3n) is 2.09. The largest absolute Gasteiger partial charge is 0.379 e. The molecule has 0 saturated carbocycles. The summed E-state index contributed by atoms with van der Waals surface area (Å²) in [7, 11) is 0. The Morgan fingerprint density at radius 2 is 2.00 bits per heavy atom. The molecule has 0 aromatic heterocycles. The van der Waals surface area contributed by atoms with E-state index in [1.807, 2.05) is 0 Å². The minimum atomic E-state index is -0.308. The fourth-order valence-electron chi connectivity index (χ4n) is 1.21. The van der Waals surface area contributed by atoms with Gasteiger partial charge in [0.15, 0.2) is 0 Å². The van der Waals surface area contributed by atoms with Gasteiger partial charge in [-0.15, -0.1) is 0 Å². The van der Waals surface area contributed by atoms with E-state index in [2.05, 4.69) is 12.2 Å². The van der Waals surface area contributed by atoms with E-state index in [1.54, 1.807) is 0 Å². The zero-order chi connectivity index (χ0) is 9.94. The Morgan fingerprint density at radius 1 is 1.23 bits per heavy atom. The standard InChI is InChI=1S/C10H24N2O/c1-2-3-7-10(13)12-9-6-4-5-8-11/h10,12-13H,2-9,11H2,1H3. The quantitative estimate of drug-likeness (QED) is 0.376. The van der Waals surface area contributed by atoms with Crippen LogP contribution in [0.2, 0.25) is 0 Å². The molecule has 13 heavy (non-hydrogen) atoms. The van der Waals surface area contributed by atoms with Crippen molar-refractivity contribution in [3.8, 4) is 0 Å². The second kappa shape index (κ2) is 9.96. The molecule has 0 bridgehead atoms. The molecule has 0 aliphatic heterocycles. The molecule has 0 spiro atoms. The van der Waals surface area contributed by atoms with Gasteiger partial charge in [-0.05, 0) is 38.8 Å². The molecule has 80 valence electrons. The van der Waals surface area contributed by atoms with Crippen molar-refractivity contribution in [3.63, 3.8) is 0 Å². The van der Waals surface area contributed by atoms with E-state index in [1.165, 1.54) is 0 Å². The lowest BCUT2D eigenvalue weighted by Crippen LogP contribution is -2.29. The Labute approximate surface area is 81.7 Å². The molecule has 0 amide bonds. The van der Waals surface area contributed by atoms with Crippen LogP contribution >= 0.6 is 0 Å². The van der Waals surface area contributed by atoms with Crippen LogP contribution in [0.3, 0.4) is 0 Å². The van der Waals surface area contributed by atoms with Gasteiger partial charge in [0, 0.05) is 0 Å². The van der Waals surface area contributed by atoms with Crippen LogP contribution in [-0.4, -0.2) is 24.4 Å². The van der Waals surface area contributed by atoms with Gasteiger partial charge < -0.3 is 10.8 Å². The number of hydrogen-bond acceptors (Lipinski definition) is 3. The van der Waals surface area contributed by atoms with E-state index < -0.39 is 0 Å². The minimum absolute atomic E-state index is 0.308. The van der Waals surface area contributed by atoms with Crippen molar-refractivity contribution in [2.75, 3.05) is 13.1 Å². The molecule has 0 aliphatic carbocycles.